The molecule has 0 amide bonds. The molecule has 0 nitrogen and oxygen atoms in total. The van der Waals surface area contributed by atoms with Gasteiger partial charge in [0.05, 0.1) is 0 Å². The van der Waals surface area contributed by atoms with Crippen molar-refractivity contribution in [3.8, 4) is 0 Å². The predicted molar refractivity (Wildman–Crippen MR) is 61.9 cm³/mol. The first kappa shape index (κ1) is 12.7. The molecule has 0 aromatic heterocycles. The highest BCUT2D eigenvalue weighted by molar-refractivity contribution is 5.03. The van der Waals surface area contributed by atoms with E-state index in [4.69, 9.17) is 0 Å². The van der Waals surface area contributed by atoms with Gasteiger partial charge in [0.1, 0.15) is 0 Å². The van der Waals surface area contributed by atoms with Gasteiger partial charge in [-0.2, -0.15) is 0 Å². The lowest BCUT2D eigenvalue weighted by molar-refractivity contribution is 0.361. The molecule has 0 aromatic carbocycles. The van der Waals surface area contributed by atoms with Gasteiger partial charge in [-0.05, 0) is 25.2 Å². The Bertz CT molecular complexity index is 144. The Balaban J connectivity index is 4.18. The van der Waals surface area contributed by atoms with Crippen LogP contribution < -0.4 is 0 Å². The van der Waals surface area contributed by atoms with Crippen LogP contribution in [0.1, 0.15) is 60.3 Å². The van der Waals surface area contributed by atoms with Gasteiger partial charge in [-0.3, -0.25) is 0 Å². The van der Waals surface area contributed by atoms with Gasteiger partial charge >= 0.3 is 0 Å². The zero-order valence-electron chi connectivity index (χ0n) is 10.1. The Morgan fingerprint density at radius 1 is 1.23 bits per heavy atom. The average Bonchev–Trinajstić information content (AvgIpc) is 2.13. The Morgan fingerprint density at radius 3 is 2.23 bits per heavy atom. The highest BCUT2D eigenvalue weighted by Gasteiger charge is 2.15. The third-order valence-electron chi connectivity index (χ3n) is 3.14. The van der Waals surface area contributed by atoms with E-state index in [1.54, 1.807) is 5.57 Å². The van der Waals surface area contributed by atoms with E-state index in [1.165, 1.54) is 25.7 Å². The fourth-order valence-electron chi connectivity index (χ4n) is 2.06. The summed E-state index contributed by atoms with van der Waals surface area (Å²) in [6.07, 6.45) is 7.58. The summed E-state index contributed by atoms with van der Waals surface area (Å²) in [6, 6.07) is 0. The Morgan fingerprint density at radius 2 is 1.85 bits per heavy atom. The van der Waals surface area contributed by atoms with Crippen molar-refractivity contribution in [2.24, 2.45) is 11.8 Å². The Kier molecular flexibility index (Phi) is 7.03. The molecule has 0 bridgehead atoms. The van der Waals surface area contributed by atoms with E-state index in [-0.39, 0.29) is 0 Å². The molecular weight excluding hydrogens is 156 g/mol. The predicted octanol–water partition coefficient (Wildman–Crippen LogP) is 4.81. The van der Waals surface area contributed by atoms with Crippen molar-refractivity contribution in [2.75, 3.05) is 0 Å². The topological polar surface area (TPSA) is 0 Å². The van der Waals surface area contributed by atoms with Crippen molar-refractivity contribution in [2.45, 2.75) is 60.3 Å². The first-order chi connectivity index (χ1) is 6.17. The summed E-state index contributed by atoms with van der Waals surface area (Å²) in [5.41, 5.74) is 1.59. The van der Waals surface area contributed by atoms with Crippen LogP contribution in [-0.4, -0.2) is 0 Å². The van der Waals surface area contributed by atoms with E-state index in [1.807, 2.05) is 0 Å². The zero-order chi connectivity index (χ0) is 10.3. The third kappa shape index (κ3) is 4.50. The lowest BCUT2D eigenvalue weighted by Gasteiger charge is -2.23. The molecule has 0 radical (unpaired) electrons. The van der Waals surface area contributed by atoms with E-state index in [9.17, 15) is 0 Å². The molecule has 0 aliphatic heterocycles. The molecule has 0 aromatic rings. The summed E-state index contributed by atoms with van der Waals surface area (Å²) in [7, 11) is 0. The molecule has 0 fully saturated rings. The lowest BCUT2D eigenvalue weighted by Crippen LogP contribution is -2.11. The van der Waals surface area contributed by atoms with Crippen molar-refractivity contribution in [3.05, 3.63) is 11.6 Å². The van der Waals surface area contributed by atoms with Crippen LogP contribution in [0.15, 0.2) is 11.6 Å². The highest BCUT2D eigenvalue weighted by atomic mass is 14.2. The molecule has 2 atom stereocenters. The van der Waals surface area contributed by atoms with Crippen LogP contribution in [0.3, 0.4) is 0 Å². The van der Waals surface area contributed by atoms with Crippen LogP contribution in [0, 0.1) is 11.8 Å². The minimum atomic E-state index is 0.782. The smallest absolute Gasteiger partial charge is 0.0206 e. The van der Waals surface area contributed by atoms with Gasteiger partial charge in [0.25, 0.3) is 0 Å². The molecule has 0 aliphatic rings. The molecule has 0 aliphatic carbocycles. The second-order valence-electron chi connectivity index (χ2n) is 4.10. The van der Waals surface area contributed by atoms with Gasteiger partial charge in [-0.25, -0.2) is 0 Å². The summed E-state index contributed by atoms with van der Waals surface area (Å²) in [5.74, 6) is 1.68. The quantitative estimate of drug-likeness (QED) is 0.517. The molecule has 13 heavy (non-hydrogen) atoms. The van der Waals surface area contributed by atoms with Gasteiger partial charge in [0, 0.05) is 0 Å². The maximum Gasteiger partial charge on any atom is -0.0206 e. The molecule has 0 saturated heterocycles. The molecule has 0 N–H and O–H groups in total. The summed E-state index contributed by atoms with van der Waals surface area (Å²) < 4.78 is 0. The standard InChI is InChI=1S/C13H26/c1-6-9-11(4)12(5)13(8-3)10-7-2/h9,12-13H,6-8,10H2,1-5H3. The minimum absolute atomic E-state index is 0.782. The molecular formula is C13H26. The van der Waals surface area contributed by atoms with Gasteiger partial charge in [-0.1, -0.05) is 58.6 Å². The summed E-state index contributed by atoms with van der Waals surface area (Å²) in [6.45, 7) is 11.5. The van der Waals surface area contributed by atoms with Crippen LogP contribution in [0.5, 0.6) is 0 Å². The molecule has 0 spiro atoms. The van der Waals surface area contributed by atoms with E-state index in [0.29, 0.717) is 0 Å². The second-order valence-corrected chi connectivity index (χ2v) is 4.10. The summed E-state index contributed by atoms with van der Waals surface area (Å²) >= 11 is 0. The van der Waals surface area contributed by atoms with Crippen LogP contribution >= 0.6 is 0 Å². The van der Waals surface area contributed by atoms with Crippen LogP contribution in [0.4, 0.5) is 0 Å². The average molecular weight is 182 g/mol. The Hall–Kier alpha value is -0.260. The van der Waals surface area contributed by atoms with Crippen LogP contribution in [-0.2, 0) is 0 Å². The van der Waals surface area contributed by atoms with Crippen molar-refractivity contribution in [1.29, 1.82) is 0 Å². The fraction of sp³-hybridized carbons (Fsp3) is 0.846. The first-order valence-corrected chi connectivity index (χ1v) is 5.83. The van der Waals surface area contributed by atoms with E-state index < -0.39 is 0 Å². The molecule has 0 heterocycles. The largest absolute Gasteiger partial charge is 0.0856 e. The SMILES string of the molecule is CCC=C(C)C(C)C(CC)CCC. The van der Waals surface area contributed by atoms with Crippen LogP contribution in [0.2, 0.25) is 0 Å². The Labute approximate surface area is 84.4 Å². The van der Waals surface area contributed by atoms with Crippen molar-refractivity contribution < 1.29 is 0 Å². The zero-order valence-corrected chi connectivity index (χ0v) is 10.1. The van der Waals surface area contributed by atoms with Crippen molar-refractivity contribution in [1.82, 2.24) is 0 Å². The number of allylic oxidation sites excluding steroid dienone is 2. The fourth-order valence-corrected chi connectivity index (χ4v) is 2.06. The van der Waals surface area contributed by atoms with E-state index >= 15 is 0 Å². The summed E-state index contributed by atoms with van der Waals surface area (Å²) in [5, 5.41) is 0. The first-order valence-electron chi connectivity index (χ1n) is 5.83. The third-order valence-corrected chi connectivity index (χ3v) is 3.14. The minimum Gasteiger partial charge on any atom is -0.0856 e. The maximum atomic E-state index is 2.38. The van der Waals surface area contributed by atoms with Crippen molar-refractivity contribution >= 4 is 0 Å². The van der Waals surface area contributed by atoms with Crippen molar-refractivity contribution in [3.63, 3.8) is 0 Å². The molecule has 78 valence electrons. The number of hydrogen-bond acceptors (Lipinski definition) is 0. The van der Waals surface area contributed by atoms with Gasteiger partial charge in [0.2, 0.25) is 0 Å². The van der Waals surface area contributed by atoms with E-state index in [2.05, 4.69) is 40.7 Å². The summed E-state index contributed by atoms with van der Waals surface area (Å²) in [4.78, 5) is 0. The van der Waals surface area contributed by atoms with E-state index in [0.717, 1.165) is 11.8 Å². The maximum absolute atomic E-state index is 2.38. The van der Waals surface area contributed by atoms with Gasteiger partial charge in [-0.15, -0.1) is 0 Å². The monoisotopic (exact) mass is 182 g/mol. The van der Waals surface area contributed by atoms with Gasteiger partial charge in [0.15, 0.2) is 0 Å². The number of hydrogen-bond donors (Lipinski definition) is 0. The normalized spacial score (nSPS) is 17.2. The van der Waals surface area contributed by atoms with Crippen LogP contribution in [0.25, 0.3) is 0 Å². The molecule has 0 saturated carbocycles. The lowest BCUT2D eigenvalue weighted by atomic mass is 9.83. The second kappa shape index (κ2) is 7.17. The molecule has 0 rings (SSSR count). The number of rotatable bonds is 6. The van der Waals surface area contributed by atoms with Gasteiger partial charge < -0.3 is 0 Å². The molecule has 2 unspecified atom stereocenters. The molecule has 0 heteroatoms. The highest BCUT2D eigenvalue weighted by Crippen LogP contribution is 2.27.